The summed E-state index contributed by atoms with van der Waals surface area (Å²) in [4.78, 5) is 2.35. The van der Waals surface area contributed by atoms with Gasteiger partial charge in [0, 0.05) is 28.4 Å². The van der Waals surface area contributed by atoms with E-state index in [2.05, 4.69) is 51.8 Å². The second-order valence-corrected chi connectivity index (χ2v) is 4.72. The Hall–Kier alpha value is -0.290. The third-order valence-electron chi connectivity index (χ3n) is 2.42. The van der Waals surface area contributed by atoms with Crippen LogP contribution in [0, 0.1) is 3.57 Å². The summed E-state index contributed by atoms with van der Waals surface area (Å²) in [7, 11) is 0. The fourth-order valence-corrected chi connectivity index (χ4v) is 2.03. The normalized spacial score (nSPS) is 22.3. The lowest BCUT2D eigenvalue weighted by atomic mass is 10.3. The van der Waals surface area contributed by atoms with Gasteiger partial charge in [-0.15, -0.1) is 0 Å². The first-order valence-electron chi connectivity index (χ1n) is 4.52. The van der Waals surface area contributed by atoms with E-state index in [-0.39, 0.29) is 0 Å². The van der Waals surface area contributed by atoms with Crippen LogP contribution in [0.4, 0.5) is 5.69 Å². The van der Waals surface area contributed by atoms with Crippen molar-refractivity contribution < 1.29 is 0 Å². The van der Waals surface area contributed by atoms with Crippen LogP contribution in [0.5, 0.6) is 0 Å². The molecule has 1 aliphatic rings. The smallest absolute Gasteiger partial charge is 0.0367 e. The van der Waals surface area contributed by atoms with Gasteiger partial charge in [0.05, 0.1) is 0 Å². The van der Waals surface area contributed by atoms with E-state index in [0.29, 0.717) is 6.04 Å². The Morgan fingerprint density at radius 1 is 1.31 bits per heavy atom. The van der Waals surface area contributed by atoms with Crippen molar-refractivity contribution in [1.29, 1.82) is 0 Å². The maximum Gasteiger partial charge on any atom is 0.0367 e. The summed E-state index contributed by atoms with van der Waals surface area (Å²) in [6.45, 7) is 2.10. The minimum Gasteiger partial charge on any atom is -0.370 e. The molecule has 1 aliphatic heterocycles. The second kappa shape index (κ2) is 3.84. The second-order valence-electron chi connectivity index (χ2n) is 3.47. The molecule has 70 valence electrons. The van der Waals surface area contributed by atoms with E-state index < -0.39 is 0 Å². The Balaban J connectivity index is 2.13. The molecular formula is C10H13IN2. The summed E-state index contributed by atoms with van der Waals surface area (Å²) in [6, 6.07) is 8.97. The van der Waals surface area contributed by atoms with Gasteiger partial charge in [0.1, 0.15) is 0 Å². The highest BCUT2D eigenvalue weighted by Crippen LogP contribution is 2.20. The Morgan fingerprint density at radius 3 is 2.54 bits per heavy atom. The van der Waals surface area contributed by atoms with Gasteiger partial charge in [0.2, 0.25) is 0 Å². The number of nitrogens with zero attached hydrogens (tertiary/aromatic N) is 1. The summed E-state index contributed by atoms with van der Waals surface area (Å²) in [6.07, 6.45) is 1.12. The van der Waals surface area contributed by atoms with Gasteiger partial charge >= 0.3 is 0 Å². The molecule has 1 atom stereocenters. The average molecular weight is 288 g/mol. The van der Waals surface area contributed by atoms with E-state index in [9.17, 15) is 0 Å². The minimum absolute atomic E-state index is 0.360. The molecule has 0 radical (unpaired) electrons. The molecule has 0 aliphatic carbocycles. The average Bonchev–Trinajstić information content (AvgIpc) is 2.53. The zero-order valence-corrected chi connectivity index (χ0v) is 9.57. The molecule has 1 saturated heterocycles. The molecule has 1 aromatic rings. The first-order valence-corrected chi connectivity index (χ1v) is 5.59. The first-order chi connectivity index (χ1) is 6.25. The van der Waals surface area contributed by atoms with Crippen molar-refractivity contribution in [3.63, 3.8) is 0 Å². The van der Waals surface area contributed by atoms with Gasteiger partial charge in [-0.2, -0.15) is 0 Å². The van der Waals surface area contributed by atoms with Crippen molar-refractivity contribution in [2.75, 3.05) is 18.0 Å². The number of nitrogens with two attached hydrogens (primary N) is 1. The van der Waals surface area contributed by atoms with E-state index >= 15 is 0 Å². The third kappa shape index (κ3) is 2.14. The van der Waals surface area contributed by atoms with Crippen molar-refractivity contribution in [3.8, 4) is 0 Å². The van der Waals surface area contributed by atoms with Crippen LogP contribution in [0.1, 0.15) is 6.42 Å². The topological polar surface area (TPSA) is 29.3 Å². The van der Waals surface area contributed by atoms with Gasteiger partial charge in [0.15, 0.2) is 0 Å². The predicted octanol–water partition coefficient (Wildman–Crippen LogP) is 1.83. The molecule has 2 nitrogen and oxygen atoms in total. The van der Waals surface area contributed by atoms with E-state index in [1.54, 1.807) is 0 Å². The number of halogens is 1. The fraction of sp³-hybridized carbons (Fsp3) is 0.400. The van der Waals surface area contributed by atoms with Crippen molar-refractivity contribution in [1.82, 2.24) is 0 Å². The summed E-state index contributed by atoms with van der Waals surface area (Å²) >= 11 is 2.32. The van der Waals surface area contributed by atoms with Crippen LogP contribution in [-0.2, 0) is 0 Å². The number of rotatable bonds is 1. The molecule has 1 unspecified atom stereocenters. The maximum atomic E-state index is 5.85. The van der Waals surface area contributed by atoms with E-state index in [4.69, 9.17) is 5.73 Å². The van der Waals surface area contributed by atoms with Crippen molar-refractivity contribution in [2.45, 2.75) is 12.5 Å². The quantitative estimate of drug-likeness (QED) is 0.799. The zero-order valence-electron chi connectivity index (χ0n) is 7.41. The number of hydrogen-bond acceptors (Lipinski definition) is 2. The SMILES string of the molecule is NC1CCN(c2ccc(I)cc2)C1. The van der Waals surface area contributed by atoms with E-state index in [1.165, 1.54) is 9.26 Å². The molecule has 1 fully saturated rings. The van der Waals surface area contributed by atoms with Crippen LogP contribution >= 0.6 is 22.6 Å². The molecule has 0 saturated carbocycles. The monoisotopic (exact) mass is 288 g/mol. The Bertz CT molecular complexity index is 283. The lowest BCUT2D eigenvalue weighted by Crippen LogP contribution is -2.26. The summed E-state index contributed by atoms with van der Waals surface area (Å²) < 4.78 is 1.28. The van der Waals surface area contributed by atoms with Crippen LogP contribution in [0.2, 0.25) is 0 Å². The highest BCUT2D eigenvalue weighted by molar-refractivity contribution is 14.1. The van der Waals surface area contributed by atoms with Crippen molar-refractivity contribution in [3.05, 3.63) is 27.8 Å². The van der Waals surface area contributed by atoms with Crippen molar-refractivity contribution in [2.24, 2.45) is 5.73 Å². The minimum atomic E-state index is 0.360. The molecule has 3 heteroatoms. The largest absolute Gasteiger partial charge is 0.370 e. The fourth-order valence-electron chi connectivity index (χ4n) is 1.67. The summed E-state index contributed by atoms with van der Waals surface area (Å²) in [5.41, 5.74) is 7.15. The summed E-state index contributed by atoms with van der Waals surface area (Å²) in [5, 5.41) is 0. The highest BCUT2D eigenvalue weighted by atomic mass is 127. The lowest BCUT2D eigenvalue weighted by Gasteiger charge is -2.17. The Kier molecular flexibility index (Phi) is 2.74. The molecule has 0 bridgehead atoms. The molecule has 1 heterocycles. The molecule has 0 spiro atoms. The molecule has 0 aromatic heterocycles. The molecule has 13 heavy (non-hydrogen) atoms. The van der Waals surface area contributed by atoms with Crippen LogP contribution in [-0.4, -0.2) is 19.1 Å². The lowest BCUT2D eigenvalue weighted by molar-refractivity contribution is 0.752. The maximum absolute atomic E-state index is 5.85. The van der Waals surface area contributed by atoms with Crippen LogP contribution in [0.15, 0.2) is 24.3 Å². The number of anilines is 1. The number of benzene rings is 1. The molecule has 0 amide bonds. The standard InChI is InChI=1S/C10H13IN2/c11-8-1-3-10(4-2-8)13-6-5-9(12)7-13/h1-4,9H,5-7,12H2. The predicted molar refractivity (Wildman–Crippen MR) is 64.0 cm³/mol. The van der Waals surface area contributed by atoms with Gasteiger partial charge in [0.25, 0.3) is 0 Å². The Morgan fingerprint density at radius 2 is 2.00 bits per heavy atom. The van der Waals surface area contributed by atoms with Crippen LogP contribution in [0.3, 0.4) is 0 Å². The highest BCUT2D eigenvalue weighted by Gasteiger charge is 2.18. The first kappa shape index (κ1) is 9.27. The molecular weight excluding hydrogens is 275 g/mol. The van der Waals surface area contributed by atoms with E-state index in [1.807, 2.05) is 0 Å². The van der Waals surface area contributed by atoms with Crippen LogP contribution in [0.25, 0.3) is 0 Å². The zero-order chi connectivity index (χ0) is 9.26. The van der Waals surface area contributed by atoms with Gasteiger partial charge in [-0.25, -0.2) is 0 Å². The molecule has 2 N–H and O–H groups in total. The van der Waals surface area contributed by atoms with Gasteiger partial charge in [-0.3, -0.25) is 0 Å². The van der Waals surface area contributed by atoms with Gasteiger partial charge < -0.3 is 10.6 Å². The molecule has 1 aromatic carbocycles. The van der Waals surface area contributed by atoms with Crippen molar-refractivity contribution >= 4 is 28.3 Å². The van der Waals surface area contributed by atoms with Crippen LogP contribution < -0.4 is 10.6 Å². The molecule has 2 rings (SSSR count). The third-order valence-corrected chi connectivity index (χ3v) is 3.14. The summed E-state index contributed by atoms with van der Waals surface area (Å²) in [5.74, 6) is 0. The van der Waals surface area contributed by atoms with Gasteiger partial charge in [-0.1, -0.05) is 0 Å². The number of hydrogen-bond donors (Lipinski definition) is 1. The Labute approximate surface area is 92.2 Å². The van der Waals surface area contributed by atoms with Gasteiger partial charge in [-0.05, 0) is 53.3 Å². The van der Waals surface area contributed by atoms with E-state index in [0.717, 1.165) is 19.5 Å².